The number of Topliss-reactive ketones (excluding diaryl/α,β-unsaturated/α-hetero) is 1. The minimum atomic E-state index is 0.207. The van der Waals surface area contributed by atoms with Crippen molar-refractivity contribution in [2.45, 2.75) is 13.3 Å². The number of hydrogen-bond acceptors (Lipinski definition) is 1. The predicted octanol–water partition coefficient (Wildman–Crippen LogP) is 6.36. The SMILES string of the molecule is CC(=O)Cc1cc2cccc3cc4c5c(ccc1c5c23)-c1ccccc1-4. The normalized spacial score (nSPS) is 12.3. The Labute approximate surface area is 151 Å². The summed E-state index contributed by atoms with van der Waals surface area (Å²) >= 11 is 0. The Hall–Kier alpha value is -3.19. The van der Waals surface area contributed by atoms with Gasteiger partial charge in [-0.05, 0) is 73.1 Å². The number of rotatable bonds is 2. The van der Waals surface area contributed by atoms with Crippen LogP contribution in [0, 0.1) is 0 Å². The summed E-state index contributed by atoms with van der Waals surface area (Å²) in [6.45, 7) is 1.67. The lowest BCUT2D eigenvalue weighted by Gasteiger charge is -2.16. The quantitative estimate of drug-likeness (QED) is 0.337. The van der Waals surface area contributed by atoms with Crippen molar-refractivity contribution in [2.24, 2.45) is 0 Å². The van der Waals surface area contributed by atoms with Gasteiger partial charge in [0.05, 0.1) is 0 Å². The molecule has 5 aromatic carbocycles. The highest BCUT2D eigenvalue weighted by molar-refractivity contribution is 6.32. The molecule has 0 amide bonds. The predicted molar refractivity (Wildman–Crippen MR) is 109 cm³/mol. The Morgan fingerprint density at radius 3 is 2.19 bits per heavy atom. The number of benzene rings is 5. The molecule has 1 aliphatic rings. The van der Waals surface area contributed by atoms with Gasteiger partial charge in [0, 0.05) is 6.42 Å². The molecule has 0 unspecified atom stereocenters. The molecule has 0 aromatic heterocycles. The van der Waals surface area contributed by atoms with Gasteiger partial charge in [0.25, 0.3) is 0 Å². The van der Waals surface area contributed by atoms with E-state index in [1.54, 1.807) is 6.92 Å². The molecule has 1 nitrogen and oxygen atoms in total. The van der Waals surface area contributed by atoms with Crippen molar-refractivity contribution in [3.05, 3.63) is 72.3 Å². The van der Waals surface area contributed by atoms with Crippen molar-refractivity contribution in [3.8, 4) is 22.3 Å². The standard InChI is InChI=1S/C25H16O/c1-14(26)11-17-12-15-5-4-6-16-13-22-20-8-3-2-7-19(20)21-10-9-18(17)25(23(15)16)24(21)22/h2-10,12-13H,11H2,1H3. The second-order valence-electron chi connectivity index (χ2n) is 7.37. The van der Waals surface area contributed by atoms with Gasteiger partial charge in [-0.3, -0.25) is 4.79 Å². The molecule has 6 rings (SSSR count). The van der Waals surface area contributed by atoms with Gasteiger partial charge in [-0.25, -0.2) is 0 Å². The molecule has 0 aliphatic heterocycles. The van der Waals surface area contributed by atoms with Crippen LogP contribution in [0.25, 0.3) is 54.6 Å². The van der Waals surface area contributed by atoms with Gasteiger partial charge in [-0.15, -0.1) is 0 Å². The second-order valence-corrected chi connectivity index (χ2v) is 7.37. The molecular formula is C25H16O. The molecule has 0 N–H and O–H groups in total. The van der Waals surface area contributed by atoms with Gasteiger partial charge in [0.15, 0.2) is 0 Å². The highest BCUT2D eigenvalue weighted by Gasteiger charge is 2.25. The first-order valence-electron chi connectivity index (χ1n) is 9.05. The van der Waals surface area contributed by atoms with E-state index in [-0.39, 0.29) is 5.78 Å². The number of ketones is 1. The molecule has 26 heavy (non-hydrogen) atoms. The third-order valence-corrected chi connectivity index (χ3v) is 5.78. The van der Waals surface area contributed by atoms with Gasteiger partial charge in [-0.1, -0.05) is 60.7 Å². The highest BCUT2D eigenvalue weighted by atomic mass is 16.1. The molecule has 5 aromatic rings. The number of fused-ring (bicyclic) bond motifs is 3. The van der Waals surface area contributed by atoms with Gasteiger partial charge in [-0.2, -0.15) is 0 Å². The lowest BCUT2D eigenvalue weighted by atomic mass is 9.87. The summed E-state index contributed by atoms with van der Waals surface area (Å²) in [5.74, 6) is 0.207. The summed E-state index contributed by atoms with van der Waals surface area (Å²) in [4.78, 5) is 11.9. The zero-order chi connectivity index (χ0) is 17.4. The van der Waals surface area contributed by atoms with Crippen LogP contribution < -0.4 is 0 Å². The molecule has 0 heterocycles. The molecule has 1 aliphatic carbocycles. The minimum absolute atomic E-state index is 0.207. The molecule has 0 radical (unpaired) electrons. The van der Waals surface area contributed by atoms with Crippen LogP contribution in [-0.4, -0.2) is 5.78 Å². The van der Waals surface area contributed by atoms with Crippen molar-refractivity contribution >= 4 is 38.1 Å². The van der Waals surface area contributed by atoms with Crippen molar-refractivity contribution in [3.63, 3.8) is 0 Å². The van der Waals surface area contributed by atoms with Crippen LogP contribution in [0.2, 0.25) is 0 Å². The van der Waals surface area contributed by atoms with Crippen molar-refractivity contribution in [2.75, 3.05) is 0 Å². The third kappa shape index (κ3) is 1.63. The monoisotopic (exact) mass is 332 g/mol. The van der Waals surface area contributed by atoms with Gasteiger partial charge >= 0.3 is 0 Å². The fourth-order valence-corrected chi connectivity index (χ4v) is 4.83. The maximum Gasteiger partial charge on any atom is 0.134 e. The Morgan fingerprint density at radius 2 is 1.42 bits per heavy atom. The van der Waals surface area contributed by atoms with Crippen LogP contribution in [0.1, 0.15) is 12.5 Å². The van der Waals surface area contributed by atoms with E-state index in [9.17, 15) is 4.79 Å². The summed E-state index contributed by atoms with van der Waals surface area (Å²) < 4.78 is 0. The van der Waals surface area contributed by atoms with E-state index in [4.69, 9.17) is 0 Å². The molecule has 0 spiro atoms. The molecule has 122 valence electrons. The topological polar surface area (TPSA) is 17.1 Å². The van der Waals surface area contributed by atoms with Gasteiger partial charge in [0.1, 0.15) is 5.78 Å². The summed E-state index contributed by atoms with van der Waals surface area (Å²) in [5, 5.41) is 7.71. The summed E-state index contributed by atoms with van der Waals surface area (Å²) in [6, 6.07) is 24.2. The van der Waals surface area contributed by atoms with E-state index in [1.807, 2.05) is 0 Å². The number of hydrogen-bond donors (Lipinski definition) is 0. The first-order chi connectivity index (χ1) is 12.7. The lowest BCUT2D eigenvalue weighted by molar-refractivity contribution is -0.116. The maximum absolute atomic E-state index is 11.9. The molecule has 0 bridgehead atoms. The van der Waals surface area contributed by atoms with E-state index in [0.29, 0.717) is 6.42 Å². The largest absolute Gasteiger partial charge is 0.300 e. The Morgan fingerprint density at radius 1 is 0.692 bits per heavy atom. The van der Waals surface area contributed by atoms with Gasteiger partial charge in [0.2, 0.25) is 0 Å². The zero-order valence-electron chi connectivity index (χ0n) is 14.5. The summed E-state index contributed by atoms with van der Waals surface area (Å²) in [5.41, 5.74) is 6.40. The van der Waals surface area contributed by atoms with Crippen LogP contribution in [0.15, 0.2) is 66.7 Å². The number of carbonyl (C=O) groups excluding carboxylic acids is 1. The van der Waals surface area contributed by atoms with Crippen molar-refractivity contribution in [1.82, 2.24) is 0 Å². The van der Waals surface area contributed by atoms with E-state index >= 15 is 0 Å². The van der Waals surface area contributed by atoms with Crippen LogP contribution in [-0.2, 0) is 11.2 Å². The van der Waals surface area contributed by atoms with Crippen LogP contribution >= 0.6 is 0 Å². The average Bonchev–Trinajstić information content (AvgIpc) is 2.97. The summed E-state index contributed by atoms with van der Waals surface area (Å²) in [6.07, 6.45) is 0.488. The Balaban J connectivity index is 1.91. The minimum Gasteiger partial charge on any atom is -0.300 e. The number of carbonyl (C=O) groups is 1. The molecular weight excluding hydrogens is 316 g/mol. The summed E-state index contributed by atoms with van der Waals surface area (Å²) in [7, 11) is 0. The first-order valence-corrected chi connectivity index (χ1v) is 9.05. The highest BCUT2D eigenvalue weighted by Crippen LogP contribution is 2.51. The Kier molecular flexibility index (Phi) is 2.54. The second kappa shape index (κ2) is 4.70. The van der Waals surface area contributed by atoms with Crippen LogP contribution in [0.4, 0.5) is 0 Å². The fourth-order valence-electron chi connectivity index (χ4n) is 4.83. The Bertz CT molecular complexity index is 1370. The first kappa shape index (κ1) is 14.0. The molecule has 0 saturated heterocycles. The van der Waals surface area contributed by atoms with E-state index < -0.39 is 0 Å². The van der Waals surface area contributed by atoms with E-state index in [1.165, 1.54) is 54.6 Å². The zero-order valence-corrected chi connectivity index (χ0v) is 14.5. The van der Waals surface area contributed by atoms with E-state index in [2.05, 4.69) is 66.7 Å². The van der Waals surface area contributed by atoms with Crippen LogP contribution in [0.5, 0.6) is 0 Å². The molecule has 0 fully saturated rings. The molecule has 0 saturated carbocycles. The molecule has 0 atom stereocenters. The van der Waals surface area contributed by atoms with Gasteiger partial charge < -0.3 is 0 Å². The smallest absolute Gasteiger partial charge is 0.134 e. The van der Waals surface area contributed by atoms with Crippen molar-refractivity contribution < 1.29 is 4.79 Å². The third-order valence-electron chi connectivity index (χ3n) is 5.78. The lowest BCUT2D eigenvalue weighted by Crippen LogP contribution is -1.98. The van der Waals surface area contributed by atoms with E-state index in [0.717, 1.165) is 5.56 Å². The van der Waals surface area contributed by atoms with Crippen LogP contribution in [0.3, 0.4) is 0 Å². The maximum atomic E-state index is 11.9. The van der Waals surface area contributed by atoms with Crippen molar-refractivity contribution in [1.29, 1.82) is 0 Å². The molecule has 1 heteroatoms. The fraction of sp³-hybridized carbons (Fsp3) is 0.0800. The average molecular weight is 332 g/mol.